The molecule has 3 rings (SSSR count). The molecule has 0 amide bonds. The molecule has 0 radical (unpaired) electrons. The van der Waals surface area contributed by atoms with Crippen LogP contribution in [0.25, 0.3) is 0 Å². The van der Waals surface area contributed by atoms with Gasteiger partial charge in [0.2, 0.25) is 0 Å². The van der Waals surface area contributed by atoms with Gasteiger partial charge in [0.1, 0.15) is 11.4 Å². The van der Waals surface area contributed by atoms with Gasteiger partial charge in [-0.25, -0.2) is 4.39 Å². The fourth-order valence-corrected chi connectivity index (χ4v) is 2.76. The molecule has 1 fully saturated rings. The lowest BCUT2D eigenvalue weighted by Crippen LogP contribution is -2.51. The van der Waals surface area contributed by atoms with E-state index < -0.39 is 5.54 Å². The van der Waals surface area contributed by atoms with Crippen molar-refractivity contribution in [1.82, 2.24) is 5.32 Å². The minimum atomic E-state index is -0.560. The number of nitriles is 1. The highest BCUT2D eigenvalue weighted by atomic mass is 19.1. The summed E-state index contributed by atoms with van der Waals surface area (Å²) in [5.41, 5.74) is 1.56. The lowest BCUT2D eigenvalue weighted by Gasteiger charge is -2.30. The molecule has 1 atom stereocenters. The van der Waals surface area contributed by atoms with E-state index in [1.807, 2.05) is 13.0 Å². The summed E-state index contributed by atoms with van der Waals surface area (Å²) < 4.78 is 13.4. The Labute approximate surface area is 113 Å². The number of hydrogen-bond acceptors (Lipinski definition) is 3. The Hall–Kier alpha value is -1.60. The number of anilines is 1. The zero-order valence-electron chi connectivity index (χ0n) is 11.1. The SMILES string of the molecule is CC(C#N)(CN1CCc2ccc(F)cc21)NC1CC1. The lowest BCUT2D eigenvalue weighted by atomic mass is 10.0. The highest BCUT2D eigenvalue weighted by Crippen LogP contribution is 2.30. The number of nitrogens with zero attached hydrogens (tertiary/aromatic N) is 2. The first-order chi connectivity index (χ1) is 9.09. The van der Waals surface area contributed by atoms with Crippen molar-refractivity contribution in [2.75, 3.05) is 18.0 Å². The van der Waals surface area contributed by atoms with Gasteiger partial charge in [0.05, 0.1) is 6.07 Å². The third-order valence-corrected chi connectivity index (χ3v) is 3.89. The monoisotopic (exact) mass is 259 g/mol. The van der Waals surface area contributed by atoms with E-state index in [9.17, 15) is 9.65 Å². The normalized spacial score (nSPS) is 20.8. The van der Waals surface area contributed by atoms with Crippen LogP contribution in [0.3, 0.4) is 0 Å². The first-order valence-electron chi connectivity index (χ1n) is 6.82. The molecule has 0 aromatic heterocycles. The van der Waals surface area contributed by atoms with Crippen LogP contribution in [0.2, 0.25) is 0 Å². The van der Waals surface area contributed by atoms with E-state index in [1.54, 1.807) is 6.07 Å². The van der Waals surface area contributed by atoms with Crippen molar-refractivity contribution in [1.29, 1.82) is 5.26 Å². The van der Waals surface area contributed by atoms with Gasteiger partial charge in [-0.2, -0.15) is 5.26 Å². The first-order valence-corrected chi connectivity index (χ1v) is 6.82. The predicted molar refractivity (Wildman–Crippen MR) is 72.5 cm³/mol. The maximum atomic E-state index is 13.4. The third kappa shape index (κ3) is 2.57. The molecule has 1 N–H and O–H groups in total. The number of nitrogens with one attached hydrogen (secondary N) is 1. The van der Waals surface area contributed by atoms with Gasteiger partial charge in [-0.15, -0.1) is 0 Å². The zero-order chi connectivity index (χ0) is 13.5. The van der Waals surface area contributed by atoms with Crippen LogP contribution in [-0.2, 0) is 6.42 Å². The molecule has 0 saturated heterocycles. The third-order valence-electron chi connectivity index (χ3n) is 3.89. The average molecular weight is 259 g/mol. The van der Waals surface area contributed by atoms with Crippen LogP contribution in [0.1, 0.15) is 25.3 Å². The summed E-state index contributed by atoms with van der Waals surface area (Å²) in [7, 11) is 0. The fraction of sp³-hybridized carbons (Fsp3) is 0.533. The van der Waals surface area contributed by atoms with E-state index in [-0.39, 0.29) is 5.82 Å². The van der Waals surface area contributed by atoms with Gasteiger partial charge in [-0.05, 0) is 43.9 Å². The molecule has 1 aliphatic carbocycles. The Balaban J connectivity index is 1.77. The van der Waals surface area contributed by atoms with Gasteiger partial charge in [0.25, 0.3) is 0 Å². The minimum absolute atomic E-state index is 0.209. The number of fused-ring (bicyclic) bond motifs is 1. The average Bonchev–Trinajstić information content (AvgIpc) is 3.11. The highest BCUT2D eigenvalue weighted by Gasteiger charge is 2.35. The molecule has 0 spiro atoms. The van der Waals surface area contributed by atoms with E-state index >= 15 is 0 Å². The van der Waals surface area contributed by atoms with Crippen LogP contribution in [0.4, 0.5) is 10.1 Å². The molecule has 1 saturated carbocycles. The van der Waals surface area contributed by atoms with Gasteiger partial charge < -0.3 is 4.90 Å². The van der Waals surface area contributed by atoms with Crippen LogP contribution in [0.5, 0.6) is 0 Å². The number of halogens is 1. The number of hydrogen-bond donors (Lipinski definition) is 1. The van der Waals surface area contributed by atoms with Crippen LogP contribution < -0.4 is 10.2 Å². The van der Waals surface area contributed by atoms with Crippen molar-refractivity contribution >= 4 is 5.69 Å². The topological polar surface area (TPSA) is 39.1 Å². The summed E-state index contributed by atoms with van der Waals surface area (Å²) in [6, 6.07) is 7.80. The van der Waals surface area contributed by atoms with Gasteiger partial charge in [-0.3, -0.25) is 5.32 Å². The second-order valence-electron chi connectivity index (χ2n) is 5.81. The van der Waals surface area contributed by atoms with Crippen molar-refractivity contribution in [2.24, 2.45) is 0 Å². The molecule has 2 aliphatic rings. The standard InChI is InChI=1S/C15H18FN3/c1-15(9-17,18-13-4-5-13)10-19-7-6-11-2-3-12(16)8-14(11)19/h2-3,8,13,18H,4-7,10H2,1H3. The predicted octanol–water partition coefficient (Wildman–Crippen LogP) is 2.22. The molecule has 1 heterocycles. The van der Waals surface area contributed by atoms with Crippen molar-refractivity contribution in [2.45, 2.75) is 37.8 Å². The van der Waals surface area contributed by atoms with Gasteiger partial charge in [-0.1, -0.05) is 6.07 Å². The van der Waals surface area contributed by atoms with Crippen LogP contribution in [0.15, 0.2) is 18.2 Å². The van der Waals surface area contributed by atoms with E-state index in [0.717, 1.165) is 31.5 Å². The van der Waals surface area contributed by atoms with E-state index in [4.69, 9.17) is 0 Å². The summed E-state index contributed by atoms with van der Waals surface area (Å²) in [4.78, 5) is 2.12. The summed E-state index contributed by atoms with van der Waals surface area (Å²) in [5.74, 6) is -0.209. The van der Waals surface area contributed by atoms with Crippen molar-refractivity contribution in [3.8, 4) is 6.07 Å². The number of benzene rings is 1. The van der Waals surface area contributed by atoms with Crippen LogP contribution >= 0.6 is 0 Å². The molecule has 100 valence electrons. The molecule has 1 aromatic rings. The summed E-state index contributed by atoms with van der Waals surface area (Å²) in [6.07, 6.45) is 3.24. The van der Waals surface area contributed by atoms with Crippen molar-refractivity contribution in [3.63, 3.8) is 0 Å². The van der Waals surface area contributed by atoms with Gasteiger partial charge in [0.15, 0.2) is 0 Å². The molecule has 4 heteroatoms. The maximum absolute atomic E-state index is 13.4. The Kier molecular flexibility index (Phi) is 2.94. The fourth-order valence-electron chi connectivity index (χ4n) is 2.76. The molecular formula is C15H18FN3. The van der Waals surface area contributed by atoms with Crippen LogP contribution in [0, 0.1) is 17.1 Å². The second kappa shape index (κ2) is 4.50. The Morgan fingerprint density at radius 1 is 1.53 bits per heavy atom. The molecule has 19 heavy (non-hydrogen) atoms. The molecule has 3 nitrogen and oxygen atoms in total. The molecule has 1 aromatic carbocycles. The Bertz CT molecular complexity index is 533. The molecular weight excluding hydrogens is 241 g/mol. The van der Waals surface area contributed by atoms with Gasteiger partial charge >= 0.3 is 0 Å². The maximum Gasteiger partial charge on any atom is 0.125 e. The Morgan fingerprint density at radius 3 is 3.00 bits per heavy atom. The highest BCUT2D eigenvalue weighted by molar-refractivity contribution is 5.58. The summed E-state index contributed by atoms with van der Waals surface area (Å²) in [5, 5.41) is 12.8. The summed E-state index contributed by atoms with van der Waals surface area (Å²) in [6.45, 7) is 3.40. The molecule has 1 aliphatic heterocycles. The quantitative estimate of drug-likeness (QED) is 0.901. The van der Waals surface area contributed by atoms with E-state index in [0.29, 0.717) is 12.6 Å². The molecule has 0 bridgehead atoms. The first kappa shape index (κ1) is 12.4. The Morgan fingerprint density at radius 2 is 2.32 bits per heavy atom. The van der Waals surface area contributed by atoms with E-state index in [2.05, 4.69) is 16.3 Å². The largest absolute Gasteiger partial charge is 0.368 e. The lowest BCUT2D eigenvalue weighted by molar-refractivity contribution is 0.441. The van der Waals surface area contributed by atoms with E-state index in [1.165, 1.54) is 11.6 Å². The van der Waals surface area contributed by atoms with Crippen molar-refractivity contribution in [3.05, 3.63) is 29.6 Å². The zero-order valence-corrected chi connectivity index (χ0v) is 11.1. The second-order valence-corrected chi connectivity index (χ2v) is 5.81. The molecule has 1 unspecified atom stereocenters. The number of rotatable bonds is 4. The summed E-state index contributed by atoms with van der Waals surface area (Å²) >= 11 is 0. The smallest absolute Gasteiger partial charge is 0.125 e. The minimum Gasteiger partial charge on any atom is -0.368 e. The van der Waals surface area contributed by atoms with Gasteiger partial charge in [0, 0.05) is 24.8 Å². The van der Waals surface area contributed by atoms with Crippen molar-refractivity contribution < 1.29 is 4.39 Å². The van der Waals surface area contributed by atoms with Crippen LogP contribution in [-0.4, -0.2) is 24.7 Å².